The molecule has 0 aliphatic heterocycles. The van der Waals surface area contributed by atoms with Gasteiger partial charge in [-0.3, -0.25) is 19.0 Å². The molecule has 35 heavy (non-hydrogen) atoms. The highest BCUT2D eigenvalue weighted by Crippen LogP contribution is 2.25. The maximum atomic E-state index is 13.7. The molecular weight excluding hydrogens is 446 g/mol. The number of hydrogen-bond acceptors (Lipinski definition) is 6. The first kappa shape index (κ1) is 26.1. The zero-order valence-corrected chi connectivity index (χ0v) is 21.0. The number of methoxy groups -OCH3 is 1. The van der Waals surface area contributed by atoms with Crippen molar-refractivity contribution in [1.29, 1.82) is 0 Å². The summed E-state index contributed by atoms with van der Waals surface area (Å²) in [5.41, 5.74) is 3.08. The summed E-state index contributed by atoms with van der Waals surface area (Å²) >= 11 is 0. The van der Waals surface area contributed by atoms with Crippen LogP contribution in [-0.2, 0) is 19.1 Å². The van der Waals surface area contributed by atoms with E-state index in [2.05, 4.69) is 0 Å². The summed E-state index contributed by atoms with van der Waals surface area (Å²) in [5, 5.41) is 0.500. The lowest BCUT2D eigenvalue weighted by molar-refractivity contribution is -0.146. The highest BCUT2D eigenvalue weighted by atomic mass is 16.5. The van der Waals surface area contributed by atoms with Crippen molar-refractivity contribution in [2.45, 2.75) is 46.6 Å². The molecule has 0 bridgehead atoms. The van der Waals surface area contributed by atoms with Gasteiger partial charge in [0.15, 0.2) is 0 Å². The number of hydrogen-bond donors (Lipinski definition) is 0. The summed E-state index contributed by atoms with van der Waals surface area (Å²) in [6.07, 6.45) is -0.0217. The normalized spacial score (nSPS) is 11.9. The Morgan fingerprint density at radius 3 is 2.54 bits per heavy atom. The fraction of sp³-hybridized carbons (Fsp3) is 0.407. The van der Waals surface area contributed by atoms with E-state index >= 15 is 0 Å². The van der Waals surface area contributed by atoms with Crippen molar-refractivity contribution < 1.29 is 19.1 Å². The predicted molar refractivity (Wildman–Crippen MR) is 135 cm³/mol. The summed E-state index contributed by atoms with van der Waals surface area (Å²) in [6, 6.07) is 12.5. The van der Waals surface area contributed by atoms with Gasteiger partial charge in [0.1, 0.15) is 5.82 Å². The van der Waals surface area contributed by atoms with Crippen LogP contribution < -0.4 is 5.56 Å². The molecule has 186 valence electrons. The third-order valence-electron chi connectivity index (χ3n) is 5.94. The van der Waals surface area contributed by atoms with Crippen molar-refractivity contribution in [3.8, 4) is 5.69 Å². The lowest BCUT2D eigenvalue weighted by atomic mass is 10.1. The second-order valence-electron chi connectivity index (χ2n) is 8.48. The van der Waals surface area contributed by atoms with Crippen LogP contribution in [0.5, 0.6) is 0 Å². The van der Waals surface area contributed by atoms with Gasteiger partial charge < -0.3 is 14.4 Å². The minimum Gasteiger partial charge on any atom is -0.466 e. The number of carbonyl (C=O) groups is 2. The summed E-state index contributed by atoms with van der Waals surface area (Å²) in [6.45, 7) is 8.37. The molecule has 8 nitrogen and oxygen atoms in total. The molecule has 0 aliphatic carbocycles. The molecule has 0 aliphatic rings. The van der Waals surface area contributed by atoms with Crippen molar-refractivity contribution >= 4 is 22.8 Å². The van der Waals surface area contributed by atoms with Crippen molar-refractivity contribution in [3.05, 3.63) is 69.8 Å². The van der Waals surface area contributed by atoms with Gasteiger partial charge in [0, 0.05) is 20.1 Å². The summed E-state index contributed by atoms with van der Waals surface area (Å²) in [4.78, 5) is 45.2. The van der Waals surface area contributed by atoms with Gasteiger partial charge in [-0.25, -0.2) is 4.98 Å². The Hall–Kier alpha value is -3.52. The van der Waals surface area contributed by atoms with E-state index in [1.807, 2.05) is 51.1 Å². The van der Waals surface area contributed by atoms with Crippen LogP contribution in [0.4, 0.5) is 0 Å². The molecule has 3 rings (SSSR count). The first-order valence-corrected chi connectivity index (χ1v) is 11.8. The number of ether oxygens (including phenoxy) is 2. The number of aryl methyl sites for hydroxylation is 2. The Morgan fingerprint density at radius 2 is 1.86 bits per heavy atom. The van der Waals surface area contributed by atoms with E-state index in [4.69, 9.17) is 14.5 Å². The fourth-order valence-corrected chi connectivity index (χ4v) is 4.17. The van der Waals surface area contributed by atoms with E-state index in [0.29, 0.717) is 29.0 Å². The molecule has 0 N–H and O–H groups in total. The van der Waals surface area contributed by atoms with E-state index in [-0.39, 0.29) is 37.5 Å². The topological polar surface area (TPSA) is 90.7 Å². The summed E-state index contributed by atoms with van der Waals surface area (Å²) in [7, 11) is 1.56. The molecule has 0 saturated carbocycles. The van der Waals surface area contributed by atoms with Crippen LogP contribution in [0.15, 0.2) is 47.3 Å². The number of esters is 1. The monoisotopic (exact) mass is 479 g/mol. The smallest absolute Gasteiger partial charge is 0.306 e. The van der Waals surface area contributed by atoms with E-state index in [1.54, 1.807) is 35.6 Å². The number of carbonyl (C=O) groups excluding carboxylic acids is 2. The van der Waals surface area contributed by atoms with Crippen LogP contribution in [0, 0.1) is 13.8 Å². The molecule has 3 aromatic rings. The average molecular weight is 480 g/mol. The number of amides is 1. The molecule has 1 unspecified atom stereocenters. The van der Waals surface area contributed by atoms with E-state index < -0.39 is 12.0 Å². The van der Waals surface area contributed by atoms with E-state index in [0.717, 1.165) is 11.1 Å². The molecule has 0 fully saturated rings. The molecule has 2 aromatic carbocycles. The van der Waals surface area contributed by atoms with Gasteiger partial charge in [0.05, 0.1) is 42.3 Å². The predicted octanol–water partition coefficient (Wildman–Crippen LogP) is 3.88. The van der Waals surface area contributed by atoms with Gasteiger partial charge in [-0.15, -0.1) is 0 Å². The standard InChI is InChI=1S/C27H33N3O5/c1-6-35-25(32)14-13-24(31)29(15-16-34-5)20(4)26-28-22-10-8-7-9-21(22)27(33)30(26)23-12-11-18(2)17-19(23)3/h7-12,17,20H,6,13-16H2,1-5H3. The van der Waals surface area contributed by atoms with Crippen LogP contribution in [0.3, 0.4) is 0 Å². The number of fused-ring (bicyclic) bond motifs is 1. The number of nitrogens with zero attached hydrogens (tertiary/aromatic N) is 3. The Labute approximate surface area is 205 Å². The number of benzene rings is 2. The van der Waals surface area contributed by atoms with Crippen molar-refractivity contribution in [2.75, 3.05) is 26.9 Å². The molecule has 1 amide bonds. The van der Waals surface area contributed by atoms with Gasteiger partial charge in [0.25, 0.3) is 5.56 Å². The van der Waals surface area contributed by atoms with Crippen molar-refractivity contribution in [2.24, 2.45) is 0 Å². The maximum absolute atomic E-state index is 13.7. The Balaban J connectivity index is 2.13. The average Bonchev–Trinajstić information content (AvgIpc) is 2.83. The zero-order valence-electron chi connectivity index (χ0n) is 21.0. The lowest BCUT2D eigenvalue weighted by Crippen LogP contribution is -2.39. The van der Waals surface area contributed by atoms with Gasteiger partial charge in [-0.2, -0.15) is 0 Å². The molecule has 0 saturated heterocycles. The molecule has 1 atom stereocenters. The molecular formula is C27H33N3O5. The maximum Gasteiger partial charge on any atom is 0.306 e. The van der Waals surface area contributed by atoms with Crippen LogP contribution in [-0.4, -0.2) is 53.2 Å². The van der Waals surface area contributed by atoms with E-state index in [9.17, 15) is 14.4 Å². The minimum atomic E-state index is -0.558. The van der Waals surface area contributed by atoms with E-state index in [1.165, 1.54) is 0 Å². The third kappa shape index (κ3) is 5.95. The number of aromatic nitrogens is 2. The Morgan fingerprint density at radius 1 is 1.11 bits per heavy atom. The Kier molecular flexibility index (Phi) is 8.76. The quantitative estimate of drug-likeness (QED) is 0.410. The van der Waals surface area contributed by atoms with Crippen LogP contribution >= 0.6 is 0 Å². The van der Waals surface area contributed by atoms with Crippen LogP contribution in [0.2, 0.25) is 0 Å². The number of rotatable bonds is 10. The lowest BCUT2D eigenvalue weighted by Gasteiger charge is -2.30. The molecule has 1 aromatic heterocycles. The Bertz CT molecular complexity index is 1270. The molecule has 0 spiro atoms. The fourth-order valence-electron chi connectivity index (χ4n) is 4.17. The zero-order chi connectivity index (χ0) is 25.5. The highest BCUT2D eigenvalue weighted by molar-refractivity contribution is 5.82. The van der Waals surface area contributed by atoms with Crippen LogP contribution in [0.25, 0.3) is 16.6 Å². The highest BCUT2D eigenvalue weighted by Gasteiger charge is 2.27. The SMILES string of the molecule is CCOC(=O)CCC(=O)N(CCOC)C(C)c1nc2ccccc2c(=O)n1-c1ccc(C)cc1C. The summed E-state index contributed by atoms with van der Waals surface area (Å²) in [5.74, 6) is -0.213. The van der Waals surface area contributed by atoms with Crippen molar-refractivity contribution in [3.63, 3.8) is 0 Å². The van der Waals surface area contributed by atoms with Crippen LogP contribution in [0.1, 0.15) is 49.7 Å². The molecule has 1 heterocycles. The molecule has 8 heteroatoms. The van der Waals surface area contributed by atoms with Gasteiger partial charge in [-0.1, -0.05) is 29.8 Å². The second-order valence-corrected chi connectivity index (χ2v) is 8.48. The molecule has 0 radical (unpaired) electrons. The van der Waals surface area contributed by atoms with Crippen molar-refractivity contribution in [1.82, 2.24) is 14.5 Å². The second kappa shape index (κ2) is 11.8. The minimum absolute atomic E-state index is 0.00569. The first-order valence-electron chi connectivity index (χ1n) is 11.8. The largest absolute Gasteiger partial charge is 0.466 e. The third-order valence-corrected chi connectivity index (χ3v) is 5.94. The summed E-state index contributed by atoms with van der Waals surface area (Å²) < 4.78 is 11.8. The van der Waals surface area contributed by atoms with Gasteiger partial charge in [0.2, 0.25) is 5.91 Å². The van der Waals surface area contributed by atoms with Gasteiger partial charge in [-0.05, 0) is 51.5 Å². The number of para-hydroxylation sites is 1. The first-order chi connectivity index (χ1) is 16.8. The van der Waals surface area contributed by atoms with Gasteiger partial charge >= 0.3 is 5.97 Å².